The van der Waals surface area contributed by atoms with E-state index >= 15 is 0 Å². The molecule has 0 bridgehead atoms. The zero-order chi connectivity index (χ0) is 15.4. The maximum atomic E-state index is 12.3. The van der Waals surface area contributed by atoms with Crippen molar-refractivity contribution < 1.29 is 9.53 Å². The molecule has 2 aromatic rings. The van der Waals surface area contributed by atoms with Gasteiger partial charge in [-0.2, -0.15) is 0 Å². The molecule has 1 unspecified atom stereocenters. The third kappa shape index (κ3) is 3.63. The fourth-order valence-electron chi connectivity index (χ4n) is 2.33. The van der Waals surface area contributed by atoms with E-state index in [9.17, 15) is 4.79 Å². The van der Waals surface area contributed by atoms with Gasteiger partial charge in [0.2, 0.25) is 0 Å². The van der Waals surface area contributed by atoms with Gasteiger partial charge in [-0.15, -0.1) is 0 Å². The number of amides is 1. The Kier molecular flexibility index (Phi) is 4.63. The highest BCUT2D eigenvalue weighted by Crippen LogP contribution is 2.19. The van der Waals surface area contributed by atoms with Crippen LogP contribution in [0.4, 0.5) is 0 Å². The summed E-state index contributed by atoms with van der Waals surface area (Å²) in [6.45, 7) is 6.12. The van der Waals surface area contributed by atoms with Crippen LogP contribution in [0.3, 0.4) is 0 Å². The zero-order valence-corrected chi connectivity index (χ0v) is 12.9. The van der Waals surface area contributed by atoms with Crippen molar-refractivity contribution in [3.63, 3.8) is 0 Å². The standard InChI is InChI=1S/C18H21NO2/c1-12-5-6-13(2)17(11-12)14(3)19-18(20)15-7-9-16(21-4)10-8-15/h5-11,14H,1-4H3,(H,19,20). The summed E-state index contributed by atoms with van der Waals surface area (Å²) in [5.41, 5.74) is 4.16. The van der Waals surface area contributed by atoms with Gasteiger partial charge in [0.1, 0.15) is 5.75 Å². The Morgan fingerprint density at radius 2 is 1.76 bits per heavy atom. The Hall–Kier alpha value is -2.29. The average Bonchev–Trinajstić information content (AvgIpc) is 2.49. The number of benzene rings is 2. The van der Waals surface area contributed by atoms with E-state index in [1.165, 1.54) is 11.1 Å². The van der Waals surface area contributed by atoms with E-state index < -0.39 is 0 Å². The first-order chi connectivity index (χ1) is 10.0. The minimum Gasteiger partial charge on any atom is -0.497 e. The number of ether oxygens (including phenoxy) is 1. The first-order valence-electron chi connectivity index (χ1n) is 7.03. The Labute approximate surface area is 126 Å². The largest absolute Gasteiger partial charge is 0.497 e. The van der Waals surface area contributed by atoms with E-state index in [1.54, 1.807) is 31.4 Å². The van der Waals surface area contributed by atoms with Crippen LogP contribution in [0.25, 0.3) is 0 Å². The fourth-order valence-corrected chi connectivity index (χ4v) is 2.33. The molecule has 0 saturated carbocycles. The average molecular weight is 283 g/mol. The van der Waals surface area contributed by atoms with Crippen molar-refractivity contribution in [3.8, 4) is 5.75 Å². The molecule has 2 rings (SSSR count). The molecular weight excluding hydrogens is 262 g/mol. The summed E-state index contributed by atoms with van der Waals surface area (Å²) < 4.78 is 5.10. The smallest absolute Gasteiger partial charge is 0.251 e. The van der Waals surface area contributed by atoms with Crippen LogP contribution in [-0.2, 0) is 0 Å². The molecule has 1 amide bonds. The van der Waals surface area contributed by atoms with Gasteiger partial charge in [0.25, 0.3) is 5.91 Å². The summed E-state index contributed by atoms with van der Waals surface area (Å²) in [5, 5.41) is 3.04. The number of rotatable bonds is 4. The van der Waals surface area contributed by atoms with Gasteiger partial charge in [0.15, 0.2) is 0 Å². The van der Waals surface area contributed by atoms with Crippen LogP contribution in [0, 0.1) is 13.8 Å². The second kappa shape index (κ2) is 6.44. The van der Waals surface area contributed by atoms with Crippen LogP contribution < -0.4 is 10.1 Å². The van der Waals surface area contributed by atoms with Gasteiger partial charge in [0, 0.05) is 5.56 Å². The lowest BCUT2D eigenvalue weighted by atomic mass is 10.00. The van der Waals surface area contributed by atoms with Crippen LogP contribution >= 0.6 is 0 Å². The highest BCUT2D eigenvalue weighted by molar-refractivity contribution is 5.94. The first kappa shape index (κ1) is 15.1. The number of carbonyl (C=O) groups excluding carboxylic acids is 1. The number of hydrogen-bond donors (Lipinski definition) is 1. The number of hydrogen-bond acceptors (Lipinski definition) is 2. The molecule has 0 aromatic heterocycles. The monoisotopic (exact) mass is 283 g/mol. The van der Waals surface area contributed by atoms with Gasteiger partial charge in [-0.05, 0) is 56.2 Å². The molecule has 3 heteroatoms. The maximum absolute atomic E-state index is 12.3. The van der Waals surface area contributed by atoms with E-state index in [1.807, 2.05) is 6.92 Å². The van der Waals surface area contributed by atoms with E-state index in [2.05, 4.69) is 37.4 Å². The molecule has 0 aliphatic carbocycles. The van der Waals surface area contributed by atoms with Crippen LogP contribution in [0.15, 0.2) is 42.5 Å². The third-order valence-electron chi connectivity index (χ3n) is 3.60. The lowest BCUT2D eigenvalue weighted by Gasteiger charge is -2.17. The van der Waals surface area contributed by atoms with Crippen LogP contribution in [0.1, 0.15) is 40.0 Å². The molecule has 0 aliphatic rings. The van der Waals surface area contributed by atoms with Crippen LogP contribution in [-0.4, -0.2) is 13.0 Å². The molecule has 0 aliphatic heterocycles. The third-order valence-corrected chi connectivity index (χ3v) is 3.60. The molecule has 1 atom stereocenters. The lowest BCUT2D eigenvalue weighted by molar-refractivity contribution is 0.0940. The predicted octanol–water partition coefficient (Wildman–Crippen LogP) is 3.80. The molecule has 21 heavy (non-hydrogen) atoms. The minimum absolute atomic E-state index is 0.0282. The van der Waals surface area contributed by atoms with Gasteiger partial charge in [-0.1, -0.05) is 23.8 Å². The maximum Gasteiger partial charge on any atom is 0.251 e. The van der Waals surface area contributed by atoms with Gasteiger partial charge < -0.3 is 10.1 Å². The number of nitrogens with one attached hydrogen (secondary N) is 1. The summed E-state index contributed by atoms with van der Waals surface area (Å²) in [6.07, 6.45) is 0. The van der Waals surface area contributed by atoms with Crippen molar-refractivity contribution in [3.05, 3.63) is 64.7 Å². The van der Waals surface area contributed by atoms with Crippen LogP contribution in [0.5, 0.6) is 5.75 Å². The summed E-state index contributed by atoms with van der Waals surface area (Å²) in [5.74, 6) is 0.667. The molecule has 0 radical (unpaired) electrons. The fraction of sp³-hybridized carbons (Fsp3) is 0.278. The summed E-state index contributed by atoms with van der Waals surface area (Å²) in [6, 6.07) is 13.4. The lowest BCUT2D eigenvalue weighted by Crippen LogP contribution is -2.27. The van der Waals surface area contributed by atoms with E-state index in [4.69, 9.17) is 4.74 Å². The quantitative estimate of drug-likeness (QED) is 0.926. The summed E-state index contributed by atoms with van der Waals surface area (Å²) in [7, 11) is 1.61. The highest BCUT2D eigenvalue weighted by Gasteiger charge is 2.13. The van der Waals surface area contributed by atoms with Crippen molar-refractivity contribution in [2.45, 2.75) is 26.8 Å². The number of aryl methyl sites for hydroxylation is 2. The van der Waals surface area contributed by atoms with Crippen molar-refractivity contribution in [1.29, 1.82) is 0 Å². The van der Waals surface area contributed by atoms with Crippen molar-refractivity contribution in [2.75, 3.05) is 7.11 Å². The van der Waals surface area contributed by atoms with E-state index in [-0.39, 0.29) is 11.9 Å². The topological polar surface area (TPSA) is 38.3 Å². The summed E-state index contributed by atoms with van der Waals surface area (Å²) in [4.78, 5) is 12.3. The molecular formula is C18H21NO2. The molecule has 1 N–H and O–H groups in total. The second-order valence-electron chi connectivity index (χ2n) is 5.28. The Balaban J connectivity index is 2.12. The molecule has 2 aromatic carbocycles. The zero-order valence-electron chi connectivity index (χ0n) is 12.9. The molecule has 0 saturated heterocycles. The van der Waals surface area contributed by atoms with Crippen molar-refractivity contribution in [1.82, 2.24) is 5.32 Å². The normalized spacial score (nSPS) is 11.8. The van der Waals surface area contributed by atoms with Crippen molar-refractivity contribution in [2.24, 2.45) is 0 Å². The van der Waals surface area contributed by atoms with Gasteiger partial charge in [0.05, 0.1) is 13.2 Å². The molecule has 0 heterocycles. The first-order valence-corrected chi connectivity index (χ1v) is 7.03. The van der Waals surface area contributed by atoms with E-state index in [0.29, 0.717) is 5.56 Å². The van der Waals surface area contributed by atoms with Gasteiger partial charge in [-0.3, -0.25) is 4.79 Å². The Morgan fingerprint density at radius 1 is 1.10 bits per heavy atom. The van der Waals surface area contributed by atoms with Crippen molar-refractivity contribution >= 4 is 5.91 Å². The molecule has 110 valence electrons. The highest BCUT2D eigenvalue weighted by atomic mass is 16.5. The minimum atomic E-state index is -0.0777. The van der Waals surface area contributed by atoms with Gasteiger partial charge >= 0.3 is 0 Å². The number of methoxy groups -OCH3 is 1. The SMILES string of the molecule is COc1ccc(C(=O)NC(C)c2cc(C)ccc2C)cc1. The number of carbonyl (C=O) groups is 1. The van der Waals surface area contributed by atoms with Gasteiger partial charge in [-0.25, -0.2) is 0 Å². The molecule has 0 spiro atoms. The molecule has 0 fully saturated rings. The van der Waals surface area contributed by atoms with Crippen LogP contribution in [0.2, 0.25) is 0 Å². The Morgan fingerprint density at radius 3 is 2.38 bits per heavy atom. The predicted molar refractivity (Wildman–Crippen MR) is 84.8 cm³/mol. The Bertz CT molecular complexity index is 632. The second-order valence-corrected chi connectivity index (χ2v) is 5.28. The molecule has 3 nitrogen and oxygen atoms in total. The van der Waals surface area contributed by atoms with E-state index in [0.717, 1.165) is 11.3 Å². The summed E-state index contributed by atoms with van der Waals surface area (Å²) >= 11 is 0.